The van der Waals surface area contributed by atoms with E-state index in [1.54, 1.807) is 19.9 Å². The smallest absolute Gasteiger partial charge is 0.268 e. The summed E-state index contributed by atoms with van der Waals surface area (Å²) < 4.78 is 6.00. The molecule has 0 unspecified atom stereocenters. The maximum atomic E-state index is 12.8. The van der Waals surface area contributed by atoms with Crippen LogP contribution in [0.2, 0.25) is 0 Å². The monoisotopic (exact) mass is 354 g/mol. The molecule has 5 heteroatoms. The number of carbonyl (C=O) groups is 2. The van der Waals surface area contributed by atoms with Gasteiger partial charge in [-0.3, -0.25) is 9.59 Å². The molecule has 2 N–H and O–H groups in total. The summed E-state index contributed by atoms with van der Waals surface area (Å²) >= 11 is 0. The van der Waals surface area contributed by atoms with Crippen molar-refractivity contribution < 1.29 is 14.3 Å². The lowest BCUT2D eigenvalue weighted by Gasteiger charge is -2.27. The third-order valence-corrected chi connectivity index (χ3v) is 4.20. The van der Waals surface area contributed by atoms with Gasteiger partial charge >= 0.3 is 0 Å². The van der Waals surface area contributed by atoms with Gasteiger partial charge in [0.25, 0.3) is 5.91 Å². The summed E-state index contributed by atoms with van der Waals surface area (Å²) in [5.41, 5.74) is 3.09. The van der Waals surface area contributed by atoms with Crippen molar-refractivity contribution >= 4 is 23.2 Å². The molecule has 0 saturated heterocycles. The number of nitrogens with one attached hydrogen (secondary N) is 2. The zero-order chi connectivity index (χ0) is 19.5. The van der Waals surface area contributed by atoms with Gasteiger partial charge in [-0.2, -0.15) is 0 Å². The Hall–Kier alpha value is -2.82. The fraction of sp³-hybridized carbons (Fsp3) is 0.333. The Morgan fingerprint density at radius 2 is 1.65 bits per heavy atom. The van der Waals surface area contributed by atoms with Crippen molar-refractivity contribution in [2.75, 3.05) is 10.6 Å². The molecular weight excluding hydrogens is 328 g/mol. The van der Waals surface area contributed by atoms with Gasteiger partial charge in [-0.05, 0) is 69.5 Å². The molecule has 0 spiro atoms. The van der Waals surface area contributed by atoms with Crippen molar-refractivity contribution in [3.05, 3.63) is 53.1 Å². The van der Waals surface area contributed by atoms with Crippen LogP contribution in [-0.4, -0.2) is 17.4 Å². The normalized spacial score (nSPS) is 11.0. The van der Waals surface area contributed by atoms with E-state index in [1.807, 2.05) is 51.1 Å². The minimum absolute atomic E-state index is 0.199. The second kappa shape index (κ2) is 7.60. The minimum Gasteiger partial charge on any atom is -0.478 e. The fourth-order valence-corrected chi connectivity index (χ4v) is 2.49. The molecule has 0 saturated carbocycles. The standard InChI is InChI=1S/C21H26N2O3/c1-13-10-11-17(22-16(4)24)18(12-13)23-20(25)21(5,6)26-19-9-7-8-14(2)15(19)3/h7-12H,1-6H3,(H,22,24)(H,23,25). The van der Waals surface area contributed by atoms with Crippen LogP contribution in [0.5, 0.6) is 5.75 Å². The second-order valence-electron chi connectivity index (χ2n) is 6.99. The summed E-state index contributed by atoms with van der Waals surface area (Å²) in [6.07, 6.45) is 0. The van der Waals surface area contributed by atoms with Crippen LogP contribution in [0.15, 0.2) is 36.4 Å². The van der Waals surface area contributed by atoms with E-state index in [2.05, 4.69) is 10.6 Å². The van der Waals surface area contributed by atoms with Gasteiger partial charge in [-0.25, -0.2) is 0 Å². The number of carbonyl (C=O) groups excluding carboxylic acids is 2. The highest BCUT2D eigenvalue weighted by Crippen LogP contribution is 2.28. The zero-order valence-electron chi connectivity index (χ0n) is 16.2. The van der Waals surface area contributed by atoms with Crippen LogP contribution in [0.25, 0.3) is 0 Å². The van der Waals surface area contributed by atoms with Gasteiger partial charge in [0, 0.05) is 6.92 Å². The van der Waals surface area contributed by atoms with E-state index in [-0.39, 0.29) is 11.8 Å². The third kappa shape index (κ3) is 4.63. The van der Waals surface area contributed by atoms with Gasteiger partial charge in [0.15, 0.2) is 5.60 Å². The largest absolute Gasteiger partial charge is 0.478 e. The molecule has 0 atom stereocenters. The Morgan fingerprint density at radius 1 is 0.962 bits per heavy atom. The second-order valence-corrected chi connectivity index (χ2v) is 6.99. The van der Waals surface area contributed by atoms with Crippen LogP contribution in [0, 0.1) is 20.8 Å². The van der Waals surface area contributed by atoms with E-state index >= 15 is 0 Å². The quantitative estimate of drug-likeness (QED) is 0.838. The maximum absolute atomic E-state index is 12.8. The Bertz CT molecular complexity index is 841. The summed E-state index contributed by atoms with van der Waals surface area (Å²) in [6, 6.07) is 11.2. The van der Waals surface area contributed by atoms with Crippen LogP contribution < -0.4 is 15.4 Å². The van der Waals surface area contributed by atoms with Crippen LogP contribution >= 0.6 is 0 Å². The average molecular weight is 354 g/mol. The number of aryl methyl sites for hydroxylation is 2. The van der Waals surface area contributed by atoms with Crippen LogP contribution in [0.3, 0.4) is 0 Å². The van der Waals surface area contributed by atoms with E-state index in [9.17, 15) is 9.59 Å². The van der Waals surface area contributed by atoms with Crippen molar-refractivity contribution in [1.82, 2.24) is 0 Å². The van der Waals surface area contributed by atoms with Gasteiger partial charge in [0.05, 0.1) is 11.4 Å². The SMILES string of the molecule is CC(=O)Nc1ccc(C)cc1NC(=O)C(C)(C)Oc1cccc(C)c1C. The van der Waals surface area contributed by atoms with E-state index < -0.39 is 5.60 Å². The summed E-state index contributed by atoms with van der Waals surface area (Å²) in [7, 11) is 0. The molecule has 0 fully saturated rings. The Kier molecular flexibility index (Phi) is 5.70. The predicted octanol–water partition coefficient (Wildman–Crippen LogP) is 4.37. The summed E-state index contributed by atoms with van der Waals surface area (Å²) in [4.78, 5) is 24.2. The minimum atomic E-state index is -1.09. The van der Waals surface area contributed by atoms with E-state index in [0.717, 1.165) is 16.7 Å². The number of rotatable bonds is 5. The van der Waals surface area contributed by atoms with Gasteiger partial charge < -0.3 is 15.4 Å². The molecule has 5 nitrogen and oxygen atoms in total. The van der Waals surface area contributed by atoms with Crippen LogP contribution in [-0.2, 0) is 9.59 Å². The fourth-order valence-electron chi connectivity index (χ4n) is 2.49. The molecule has 0 aliphatic heterocycles. The molecule has 2 aromatic rings. The molecular formula is C21H26N2O3. The Balaban J connectivity index is 2.24. The Morgan fingerprint density at radius 3 is 2.31 bits per heavy atom. The molecule has 26 heavy (non-hydrogen) atoms. The van der Waals surface area contributed by atoms with E-state index in [4.69, 9.17) is 4.74 Å². The molecule has 2 rings (SSSR count). The van der Waals surface area contributed by atoms with Crippen molar-refractivity contribution in [3.63, 3.8) is 0 Å². The summed E-state index contributed by atoms with van der Waals surface area (Å²) in [6.45, 7) is 10.8. The first kappa shape index (κ1) is 19.5. The van der Waals surface area contributed by atoms with Gasteiger partial charge in [0.1, 0.15) is 5.75 Å². The topological polar surface area (TPSA) is 67.4 Å². The lowest BCUT2D eigenvalue weighted by atomic mass is 10.1. The number of anilines is 2. The van der Waals surface area contributed by atoms with Gasteiger partial charge in [0.2, 0.25) is 5.91 Å². The predicted molar refractivity (Wildman–Crippen MR) is 105 cm³/mol. The van der Waals surface area contributed by atoms with E-state index in [0.29, 0.717) is 17.1 Å². The number of hydrogen-bond donors (Lipinski definition) is 2. The third-order valence-electron chi connectivity index (χ3n) is 4.20. The van der Waals surface area contributed by atoms with Crippen molar-refractivity contribution in [2.24, 2.45) is 0 Å². The Labute approximate surface area is 154 Å². The highest BCUT2D eigenvalue weighted by molar-refractivity contribution is 6.02. The molecule has 138 valence electrons. The number of ether oxygens (including phenoxy) is 1. The average Bonchev–Trinajstić information content (AvgIpc) is 2.54. The first-order chi connectivity index (χ1) is 12.1. The molecule has 0 aliphatic rings. The number of amides is 2. The summed E-state index contributed by atoms with van der Waals surface area (Å²) in [5.74, 6) is 0.183. The highest BCUT2D eigenvalue weighted by Gasteiger charge is 2.31. The van der Waals surface area contributed by atoms with Gasteiger partial charge in [-0.1, -0.05) is 18.2 Å². The van der Waals surface area contributed by atoms with Crippen LogP contribution in [0.4, 0.5) is 11.4 Å². The molecule has 0 radical (unpaired) electrons. The maximum Gasteiger partial charge on any atom is 0.268 e. The molecule has 0 aliphatic carbocycles. The van der Waals surface area contributed by atoms with Crippen molar-refractivity contribution in [1.29, 1.82) is 0 Å². The van der Waals surface area contributed by atoms with Crippen LogP contribution in [0.1, 0.15) is 37.5 Å². The number of hydrogen-bond acceptors (Lipinski definition) is 3. The first-order valence-electron chi connectivity index (χ1n) is 8.55. The molecule has 0 heterocycles. The van der Waals surface area contributed by atoms with Gasteiger partial charge in [-0.15, -0.1) is 0 Å². The zero-order valence-corrected chi connectivity index (χ0v) is 16.2. The molecule has 2 aromatic carbocycles. The lowest BCUT2D eigenvalue weighted by Crippen LogP contribution is -2.42. The van der Waals surface area contributed by atoms with E-state index in [1.165, 1.54) is 6.92 Å². The molecule has 0 aromatic heterocycles. The first-order valence-corrected chi connectivity index (χ1v) is 8.55. The number of benzene rings is 2. The van der Waals surface area contributed by atoms with Crippen molar-refractivity contribution in [2.45, 2.75) is 47.1 Å². The lowest BCUT2D eigenvalue weighted by molar-refractivity contribution is -0.128. The highest BCUT2D eigenvalue weighted by atomic mass is 16.5. The molecule has 2 amide bonds. The summed E-state index contributed by atoms with van der Waals surface area (Å²) in [5, 5.41) is 5.60. The molecule has 0 bridgehead atoms. The van der Waals surface area contributed by atoms with Crippen molar-refractivity contribution in [3.8, 4) is 5.75 Å².